The molecule has 0 saturated carbocycles. The van der Waals surface area contributed by atoms with E-state index in [1.165, 1.54) is 0 Å². The first-order valence-electron chi connectivity index (χ1n) is 5.49. The van der Waals surface area contributed by atoms with Gasteiger partial charge in [0.15, 0.2) is 17.8 Å². The van der Waals surface area contributed by atoms with Gasteiger partial charge in [-0.2, -0.15) is 0 Å². The van der Waals surface area contributed by atoms with E-state index in [1.54, 1.807) is 37.7 Å². The molecule has 0 saturated heterocycles. The number of hydrogen-bond acceptors (Lipinski definition) is 4. The van der Waals surface area contributed by atoms with Crippen molar-refractivity contribution in [2.75, 3.05) is 7.11 Å². The molecule has 0 fully saturated rings. The number of pyridine rings is 1. The van der Waals surface area contributed by atoms with E-state index < -0.39 is 0 Å². The molecule has 0 spiro atoms. The van der Waals surface area contributed by atoms with E-state index in [4.69, 9.17) is 9.47 Å². The summed E-state index contributed by atoms with van der Waals surface area (Å²) in [5, 5.41) is 0. The number of rotatable bonds is 5. The molecule has 18 heavy (non-hydrogen) atoms. The molecule has 1 aromatic heterocycles. The summed E-state index contributed by atoms with van der Waals surface area (Å²) >= 11 is 0. The molecule has 92 valence electrons. The molecular formula is C14H13NO3. The lowest BCUT2D eigenvalue weighted by Crippen LogP contribution is -2.00. The topological polar surface area (TPSA) is 48.4 Å². The van der Waals surface area contributed by atoms with Gasteiger partial charge in [-0.25, -0.2) is 0 Å². The molecule has 0 N–H and O–H groups in total. The Morgan fingerprint density at radius 1 is 1.28 bits per heavy atom. The lowest BCUT2D eigenvalue weighted by Gasteiger charge is -2.12. The maximum Gasteiger partial charge on any atom is 0.172 e. The summed E-state index contributed by atoms with van der Waals surface area (Å²) in [7, 11) is 1.54. The standard InChI is InChI=1S/C14H13NO3/c1-17-13-6-2-5-12(9-16)14(13)18-10-11-4-3-7-15-8-11/h2-9H,10H2,1H3. The highest BCUT2D eigenvalue weighted by Crippen LogP contribution is 2.30. The number of carbonyl (C=O) groups excluding carboxylic acids is 1. The van der Waals surface area contributed by atoms with Crippen molar-refractivity contribution in [2.24, 2.45) is 0 Å². The number of carbonyl (C=O) groups is 1. The van der Waals surface area contributed by atoms with Crippen LogP contribution in [-0.2, 0) is 6.61 Å². The third-order valence-electron chi connectivity index (χ3n) is 2.46. The van der Waals surface area contributed by atoms with Crippen LogP contribution in [0.5, 0.6) is 11.5 Å². The zero-order valence-electron chi connectivity index (χ0n) is 10.00. The maximum atomic E-state index is 11.0. The molecule has 2 rings (SSSR count). The van der Waals surface area contributed by atoms with Gasteiger partial charge in [0.1, 0.15) is 6.61 Å². The highest BCUT2D eigenvalue weighted by Gasteiger charge is 2.09. The molecule has 0 radical (unpaired) electrons. The van der Waals surface area contributed by atoms with E-state index >= 15 is 0 Å². The van der Waals surface area contributed by atoms with Crippen LogP contribution in [0.3, 0.4) is 0 Å². The lowest BCUT2D eigenvalue weighted by atomic mass is 10.2. The number of aromatic nitrogens is 1. The van der Waals surface area contributed by atoms with Crippen LogP contribution in [0.4, 0.5) is 0 Å². The second-order valence-electron chi connectivity index (χ2n) is 3.65. The fourth-order valence-corrected chi connectivity index (χ4v) is 1.58. The molecule has 2 aromatic rings. The molecule has 1 aromatic carbocycles. The summed E-state index contributed by atoms with van der Waals surface area (Å²) < 4.78 is 10.8. The minimum Gasteiger partial charge on any atom is -0.493 e. The third kappa shape index (κ3) is 2.66. The Balaban J connectivity index is 2.20. The number of aldehydes is 1. The summed E-state index contributed by atoms with van der Waals surface area (Å²) in [5.41, 5.74) is 1.40. The molecule has 0 unspecified atom stereocenters. The predicted molar refractivity (Wildman–Crippen MR) is 67.0 cm³/mol. The number of ether oxygens (including phenoxy) is 2. The second-order valence-corrected chi connectivity index (χ2v) is 3.65. The van der Waals surface area contributed by atoms with E-state index in [1.807, 2.05) is 12.1 Å². The van der Waals surface area contributed by atoms with Gasteiger partial charge < -0.3 is 9.47 Å². The van der Waals surface area contributed by atoms with Gasteiger partial charge >= 0.3 is 0 Å². The van der Waals surface area contributed by atoms with Crippen molar-refractivity contribution in [1.29, 1.82) is 0 Å². The minimum atomic E-state index is 0.342. The van der Waals surface area contributed by atoms with E-state index in [2.05, 4.69) is 4.98 Å². The van der Waals surface area contributed by atoms with Crippen molar-refractivity contribution < 1.29 is 14.3 Å². The summed E-state index contributed by atoms with van der Waals surface area (Å²) in [6.07, 6.45) is 4.17. The highest BCUT2D eigenvalue weighted by molar-refractivity contribution is 5.81. The van der Waals surface area contributed by atoms with Gasteiger partial charge in [0.2, 0.25) is 0 Å². The van der Waals surface area contributed by atoms with Crippen LogP contribution in [-0.4, -0.2) is 18.4 Å². The molecular weight excluding hydrogens is 230 g/mol. The molecule has 0 amide bonds. The first-order valence-corrected chi connectivity index (χ1v) is 5.49. The Labute approximate surface area is 105 Å². The third-order valence-corrected chi connectivity index (χ3v) is 2.46. The molecule has 4 nitrogen and oxygen atoms in total. The van der Waals surface area contributed by atoms with E-state index in [0.29, 0.717) is 23.7 Å². The van der Waals surface area contributed by atoms with Crippen LogP contribution in [0.2, 0.25) is 0 Å². The van der Waals surface area contributed by atoms with Crippen molar-refractivity contribution in [3.05, 3.63) is 53.9 Å². The SMILES string of the molecule is COc1cccc(C=O)c1OCc1cccnc1. The van der Waals surface area contributed by atoms with Gasteiger partial charge in [0.25, 0.3) is 0 Å². The Morgan fingerprint density at radius 2 is 2.17 bits per heavy atom. The Kier molecular flexibility index (Phi) is 3.91. The van der Waals surface area contributed by atoms with Crippen molar-refractivity contribution in [3.8, 4) is 11.5 Å². The lowest BCUT2D eigenvalue weighted by molar-refractivity contribution is 0.111. The zero-order valence-corrected chi connectivity index (χ0v) is 10.00. The zero-order chi connectivity index (χ0) is 12.8. The summed E-state index contributed by atoms with van der Waals surface area (Å²) in [6.45, 7) is 0.342. The molecule has 0 aliphatic rings. The monoisotopic (exact) mass is 243 g/mol. The molecule has 0 atom stereocenters. The molecule has 0 bridgehead atoms. The van der Waals surface area contributed by atoms with Crippen molar-refractivity contribution in [2.45, 2.75) is 6.61 Å². The summed E-state index contributed by atoms with van der Waals surface area (Å²) in [6, 6.07) is 8.93. The van der Waals surface area contributed by atoms with Crippen molar-refractivity contribution in [3.63, 3.8) is 0 Å². The van der Waals surface area contributed by atoms with Gasteiger partial charge in [-0.1, -0.05) is 12.1 Å². The number of hydrogen-bond donors (Lipinski definition) is 0. The molecule has 0 aliphatic carbocycles. The van der Waals surface area contributed by atoms with E-state index in [0.717, 1.165) is 11.8 Å². The Hall–Kier alpha value is -2.36. The van der Waals surface area contributed by atoms with Gasteiger partial charge in [-0.15, -0.1) is 0 Å². The Morgan fingerprint density at radius 3 is 2.83 bits per heavy atom. The largest absolute Gasteiger partial charge is 0.493 e. The van der Waals surface area contributed by atoms with Gasteiger partial charge in [-0.05, 0) is 18.2 Å². The number of nitrogens with zero attached hydrogens (tertiary/aromatic N) is 1. The second kappa shape index (κ2) is 5.82. The fourth-order valence-electron chi connectivity index (χ4n) is 1.58. The van der Waals surface area contributed by atoms with Gasteiger partial charge in [-0.3, -0.25) is 9.78 Å². The quantitative estimate of drug-likeness (QED) is 0.757. The summed E-state index contributed by atoms with van der Waals surface area (Å²) in [4.78, 5) is 15.0. The van der Waals surface area contributed by atoms with Gasteiger partial charge in [0, 0.05) is 18.0 Å². The maximum absolute atomic E-state index is 11.0. The number of methoxy groups -OCH3 is 1. The first kappa shape index (κ1) is 12.1. The first-order chi connectivity index (χ1) is 8.85. The highest BCUT2D eigenvalue weighted by atomic mass is 16.5. The molecule has 0 aliphatic heterocycles. The number of benzene rings is 1. The average Bonchev–Trinajstić information content (AvgIpc) is 2.45. The van der Waals surface area contributed by atoms with Crippen LogP contribution in [0.1, 0.15) is 15.9 Å². The minimum absolute atomic E-state index is 0.342. The number of para-hydroxylation sites is 1. The van der Waals surface area contributed by atoms with Crippen LogP contribution < -0.4 is 9.47 Å². The molecule has 1 heterocycles. The van der Waals surface area contributed by atoms with Gasteiger partial charge in [0.05, 0.1) is 12.7 Å². The smallest absolute Gasteiger partial charge is 0.172 e. The van der Waals surface area contributed by atoms with Crippen LogP contribution in [0.25, 0.3) is 0 Å². The average molecular weight is 243 g/mol. The summed E-state index contributed by atoms with van der Waals surface area (Å²) in [5.74, 6) is 1.00. The van der Waals surface area contributed by atoms with Crippen LogP contribution in [0.15, 0.2) is 42.7 Å². The normalized spacial score (nSPS) is 9.83. The Bertz CT molecular complexity index is 526. The molecule has 4 heteroatoms. The predicted octanol–water partition coefficient (Wildman–Crippen LogP) is 2.48. The van der Waals surface area contributed by atoms with Crippen molar-refractivity contribution >= 4 is 6.29 Å². The van der Waals surface area contributed by atoms with Crippen molar-refractivity contribution in [1.82, 2.24) is 4.98 Å². The van der Waals surface area contributed by atoms with Crippen LogP contribution >= 0.6 is 0 Å². The fraction of sp³-hybridized carbons (Fsp3) is 0.143. The van der Waals surface area contributed by atoms with Crippen LogP contribution in [0, 0.1) is 0 Å². The van der Waals surface area contributed by atoms with E-state index in [9.17, 15) is 4.79 Å². The van der Waals surface area contributed by atoms with E-state index in [-0.39, 0.29) is 0 Å².